The molecule has 0 radical (unpaired) electrons. The van der Waals surface area contributed by atoms with Gasteiger partial charge in [0, 0.05) is 6.04 Å². The Morgan fingerprint density at radius 2 is 2.07 bits per heavy atom. The normalized spacial score (nSPS) is 27.5. The van der Waals surface area contributed by atoms with Gasteiger partial charge in [-0.15, -0.1) is 11.6 Å². The highest BCUT2D eigenvalue weighted by molar-refractivity contribution is 6.27. The van der Waals surface area contributed by atoms with Gasteiger partial charge in [-0.2, -0.15) is 13.2 Å². The molecule has 0 bridgehead atoms. The summed E-state index contributed by atoms with van der Waals surface area (Å²) in [7, 11) is 0. The zero-order valence-electron chi connectivity index (χ0n) is 8.11. The van der Waals surface area contributed by atoms with Crippen molar-refractivity contribution in [2.75, 3.05) is 5.88 Å². The van der Waals surface area contributed by atoms with Crippen molar-refractivity contribution in [2.24, 2.45) is 5.92 Å². The van der Waals surface area contributed by atoms with Gasteiger partial charge in [0.2, 0.25) is 5.91 Å². The lowest BCUT2D eigenvalue weighted by molar-refractivity contribution is -0.184. The quantitative estimate of drug-likeness (QED) is 0.742. The largest absolute Gasteiger partial charge is 0.391 e. The molecule has 0 spiro atoms. The van der Waals surface area contributed by atoms with Crippen molar-refractivity contribution < 1.29 is 18.0 Å². The number of halogens is 4. The van der Waals surface area contributed by atoms with Crippen LogP contribution in [0.4, 0.5) is 13.2 Å². The summed E-state index contributed by atoms with van der Waals surface area (Å²) in [6.45, 7) is 0. The van der Waals surface area contributed by atoms with E-state index in [1.807, 2.05) is 0 Å². The molecule has 0 aromatic heterocycles. The average molecular weight is 244 g/mol. The van der Waals surface area contributed by atoms with E-state index in [9.17, 15) is 18.0 Å². The highest BCUT2D eigenvalue weighted by Gasteiger charge is 2.42. The van der Waals surface area contributed by atoms with Crippen molar-refractivity contribution in [2.45, 2.75) is 37.9 Å². The molecule has 1 amide bonds. The number of carbonyl (C=O) groups is 1. The molecule has 1 N–H and O–H groups in total. The standard InChI is InChI=1S/C9H13ClF3NO/c10-5-8(15)14-7-3-1-2-6(4-7)9(11,12)13/h6-7H,1-5H2,(H,14,15)/t6-,7+/m0/s1. The molecule has 1 fully saturated rings. The monoisotopic (exact) mass is 243 g/mol. The highest BCUT2D eigenvalue weighted by atomic mass is 35.5. The lowest BCUT2D eigenvalue weighted by Gasteiger charge is -2.30. The molecular formula is C9H13ClF3NO. The minimum atomic E-state index is -4.15. The summed E-state index contributed by atoms with van der Waals surface area (Å²) < 4.78 is 37.2. The summed E-state index contributed by atoms with van der Waals surface area (Å²) in [6.07, 6.45) is -2.90. The SMILES string of the molecule is O=C(CCl)N[C@@H]1CCC[C@H](C(F)(F)F)C1. The highest BCUT2D eigenvalue weighted by Crippen LogP contribution is 2.37. The molecule has 0 heterocycles. The van der Waals surface area contributed by atoms with Crippen molar-refractivity contribution >= 4 is 17.5 Å². The van der Waals surface area contributed by atoms with Crippen LogP contribution in [0.25, 0.3) is 0 Å². The zero-order chi connectivity index (χ0) is 11.5. The minimum Gasteiger partial charge on any atom is -0.352 e. The Balaban J connectivity index is 2.46. The van der Waals surface area contributed by atoms with Crippen molar-refractivity contribution in [3.05, 3.63) is 0 Å². The number of hydrogen-bond donors (Lipinski definition) is 1. The van der Waals surface area contributed by atoms with Gasteiger partial charge in [0.05, 0.1) is 5.92 Å². The van der Waals surface area contributed by atoms with Gasteiger partial charge in [-0.1, -0.05) is 6.42 Å². The molecule has 15 heavy (non-hydrogen) atoms. The maximum Gasteiger partial charge on any atom is 0.391 e. The molecule has 2 atom stereocenters. The molecule has 1 rings (SSSR count). The first-order valence-electron chi connectivity index (χ1n) is 4.85. The summed E-state index contributed by atoms with van der Waals surface area (Å²) in [6, 6.07) is -0.378. The number of rotatable bonds is 2. The summed E-state index contributed by atoms with van der Waals surface area (Å²) in [4.78, 5) is 10.9. The van der Waals surface area contributed by atoms with Gasteiger partial charge in [-0.3, -0.25) is 4.79 Å². The fourth-order valence-corrected chi connectivity index (χ4v) is 1.96. The number of carbonyl (C=O) groups excluding carboxylic acids is 1. The molecule has 1 saturated carbocycles. The third kappa shape index (κ3) is 3.89. The second-order valence-corrected chi connectivity index (χ2v) is 4.07. The third-order valence-corrected chi connectivity index (χ3v) is 2.87. The Hall–Kier alpha value is -0.450. The second-order valence-electron chi connectivity index (χ2n) is 3.80. The fraction of sp³-hybridized carbons (Fsp3) is 0.889. The van der Waals surface area contributed by atoms with Crippen molar-refractivity contribution in [3.63, 3.8) is 0 Å². The first-order valence-corrected chi connectivity index (χ1v) is 5.39. The molecule has 6 heteroatoms. The molecular weight excluding hydrogens is 231 g/mol. The molecule has 1 aliphatic carbocycles. The van der Waals surface area contributed by atoms with Crippen LogP contribution in [0.1, 0.15) is 25.7 Å². The van der Waals surface area contributed by atoms with Crippen LogP contribution in [0.2, 0.25) is 0 Å². The van der Waals surface area contributed by atoms with Gasteiger partial charge in [0.1, 0.15) is 5.88 Å². The van der Waals surface area contributed by atoms with E-state index in [1.54, 1.807) is 0 Å². The molecule has 0 saturated heterocycles. The molecule has 0 aromatic rings. The van der Waals surface area contributed by atoms with Crippen molar-refractivity contribution in [1.82, 2.24) is 5.32 Å². The summed E-state index contributed by atoms with van der Waals surface area (Å²) in [5.74, 6) is -1.89. The molecule has 1 aliphatic rings. The summed E-state index contributed by atoms with van der Waals surface area (Å²) in [5.41, 5.74) is 0. The van der Waals surface area contributed by atoms with Crippen LogP contribution in [0.5, 0.6) is 0 Å². The van der Waals surface area contributed by atoms with Gasteiger partial charge >= 0.3 is 6.18 Å². The van der Waals surface area contributed by atoms with Crippen LogP contribution in [-0.4, -0.2) is 24.0 Å². The zero-order valence-corrected chi connectivity index (χ0v) is 8.87. The van der Waals surface area contributed by atoms with Gasteiger partial charge in [0.15, 0.2) is 0 Å². The van der Waals surface area contributed by atoms with E-state index in [1.165, 1.54) is 0 Å². The first-order chi connectivity index (χ1) is 6.93. The van der Waals surface area contributed by atoms with E-state index in [4.69, 9.17) is 11.6 Å². The maximum atomic E-state index is 12.4. The smallest absolute Gasteiger partial charge is 0.352 e. The molecule has 0 unspecified atom stereocenters. The first kappa shape index (κ1) is 12.6. The topological polar surface area (TPSA) is 29.1 Å². The number of hydrogen-bond acceptors (Lipinski definition) is 1. The maximum absolute atomic E-state index is 12.4. The van der Waals surface area contributed by atoms with E-state index >= 15 is 0 Å². The van der Waals surface area contributed by atoms with Crippen LogP contribution < -0.4 is 5.32 Å². The van der Waals surface area contributed by atoms with Crippen LogP contribution in [-0.2, 0) is 4.79 Å². The van der Waals surface area contributed by atoms with E-state index in [-0.39, 0.29) is 24.8 Å². The average Bonchev–Trinajstić information content (AvgIpc) is 2.17. The van der Waals surface area contributed by atoms with E-state index < -0.39 is 18.0 Å². The van der Waals surface area contributed by atoms with Crippen LogP contribution in [0, 0.1) is 5.92 Å². The summed E-state index contributed by atoms with van der Waals surface area (Å²) >= 11 is 5.26. The number of nitrogens with one attached hydrogen (secondary N) is 1. The van der Waals surface area contributed by atoms with E-state index in [0.29, 0.717) is 12.8 Å². The van der Waals surface area contributed by atoms with Crippen molar-refractivity contribution in [3.8, 4) is 0 Å². The number of amides is 1. The Morgan fingerprint density at radius 3 is 2.60 bits per heavy atom. The molecule has 0 aromatic carbocycles. The Labute approximate surface area is 91.2 Å². The lowest BCUT2D eigenvalue weighted by atomic mass is 9.85. The molecule has 88 valence electrons. The second kappa shape index (κ2) is 5.05. The third-order valence-electron chi connectivity index (χ3n) is 2.62. The fourth-order valence-electron chi connectivity index (χ4n) is 1.88. The number of alkyl halides is 4. The predicted molar refractivity (Wildman–Crippen MR) is 50.7 cm³/mol. The van der Waals surface area contributed by atoms with Gasteiger partial charge < -0.3 is 5.32 Å². The lowest BCUT2D eigenvalue weighted by Crippen LogP contribution is -2.42. The molecule has 0 aliphatic heterocycles. The van der Waals surface area contributed by atoms with E-state index in [2.05, 4.69) is 5.32 Å². The van der Waals surface area contributed by atoms with E-state index in [0.717, 1.165) is 0 Å². The van der Waals surface area contributed by atoms with Gasteiger partial charge in [-0.25, -0.2) is 0 Å². The Morgan fingerprint density at radius 1 is 1.40 bits per heavy atom. The van der Waals surface area contributed by atoms with Gasteiger partial charge in [-0.05, 0) is 19.3 Å². The van der Waals surface area contributed by atoms with Crippen LogP contribution >= 0.6 is 11.6 Å². The van der Waals surface area contributed by atoms with Gasteiger partial charge in [0.25, 0.3) is 0 Å². The van der Waals surface area contributed by atoms with Crippen LogP contribution in [0.15, 0.2) is 0 Å². The Kier molecular flexibility index (Phi) is 4.25. The van der Waals surface area contributed by atoms with Crippen molar-refractivity contribution in [1.29, 1.82) is 0 Å². The molecule has 2 nitrogen and oxygen atoms in total. The minimum absolute atomic E-state index is 0.0217. The Bertz CT molecular complexity index is 232. The summed E-state index contributed by atoms with van der Waals surface area (Å²) in [5, 5.41) is 2.50. The predicted octanol–water partition coefficient (Wildman–Crippen LogP) is 2.46. The van der Waals surface area contributed by atoms with Crippen LogP contribution in [0.3, 0.4) is 0 Å².